The monoisotopic (exact) mass is 510 g/mol. The molecule has 5 rings (SSSR count). The standard InChI is InChI=1S/C23H23FN8O5/c1-22(2)36-16-10-35-18(23(16,37-22)32-12-29-17-19(25)27-11-28-20(17)32)21(33)26-8-4-3-5-13-6-7-14(24)15(31-13)9-30-34/h6-7,9,11-12,16,18,34H,4,8,10H2,1-2H3,(H,26,33)(H2,25,27,28)/b30-9-. The number of nitrogens with two attached hydrogens (primary N) is 1. The molecule has 3 aromatic rings. The highest BCUT2D eigenvalue weighted by atomic mass is 19.1. The van der Waals surface area contributed by atoms with Crippen molar-refractivity contribution < 1.29 is 28.6 Å². The number of amides is 1. The third-order valence-electron chi connectivity index (χ3n) is 5.88. The van der Waals surface area contributed by atoms with Gasteiger partial charge in [0.15, 0.2) is 29.2 Å². The summed E-state index contributed by atoms with van der Waals surface area (Å²) < 4.78 is 33.5. The van der Waals surface area contributed by atoms with Crippen LogP contribution in [0.15, 0.2) is 29.9 Å². The number of nitrogens with one attached hydrogen (secondary N) is 1. The van der Waals surface area contributed by atoms with Crippen molar-refractivity contribution in [3.8, 4) is 11.8 Å². The number of aromatic nitrogens is 5. The van der Waals surface area contributed by atoms with Crippen LogP contribution in [0.1, 0.15) is 31.7 Å². The van der Waals surface area contributed by atoms with Crippen molar-refractivity contribution in [1.82, 2.24) is 29.8 Å². The van der Waals surface area contributed by atoms with Gasteiger partial charge in [-0.3, -0.25) is 9.36 Å². The average molecular weight is 510 g/mol. The fraction of sp³-hybridized carbons (Fsp3) is 0.391. The third kappa shape index (κ3) is 4.33. The van der Waals surface area contributed by atoms with Crippen LogP contribution in [0.2, 0.25) is 0 Å². The van der Waals surface area contributed by atoms with Crippen molar-refractivity contribution in [2.24, 2.45) is 5.16 Å². The summed E-state index contributed by atoms with van der Waals surface area (Å²) >= 11 is 0. The zero-order chi connectivity index (χ0) is 26.2. The fourth-order valence-corrected chi connectivity index (χ4v) is 4.46. The van der Waals surface area contributed by atoms with E-state index in [1.807, 2.05) is 0 Å². The van der Waals surface area contributed by atoms with Gasteiger partial charge < -0.3 is 30.5 Å². The minimum Gasteiger partial charge on any atom is -0.411 e. The molecule has 0 radical (unpaired) electrons. The maximum absolute atomic E-state index is 13.6. The van der Waals surface area contributed by atoms with Gasteiger partial charge in [-0.1, -0.05) is 11.1 Å². The highest BCUT2D eigenvalue weighted by Crippen LogP contribution is 2.48. The number of fused-ring (bicyclic) bond motifs is 2. The Morgan fingerprint density at radius 1 is 1.41 bits per heavy atom. The van der Waals surface area contributed by atoms with Crippen molar-refractivity contribution in [2.45, 2.75) is 44.0 Å². The maximum Gasteiger partial charge on any atom is 0.254 e. The highest BCUT2D eigenvalue weighted by Gasteiger charge is 2.66. The van der Waals surface area contributed by atoms with Crippen molar-refractivity contribution in [1.29, 1.82) is 0 Å². The Morgan fingerprint density at radius 3 is 3.05 bits per heavy atom. The van der Waals surface area contributed by atoms with Crippen LogP contribution in [-0.2, 0) is 24.7 Å². The Hall–Kier alpha value is -4.19. The molecule has 0 aromatic carbocycles. The molecule has 0 bridgehead atoms. The molecule has 3 aromatic heterocycles. The Bertz CT molecular complexity index is 1450. The second kappa shape index (κ2) is 9.36. The summed E-state index contributed by atoms with van der Waals surface area (Å²) in [5.41, 5.74) is 5.48. The van der Waals surface area contributed by atoms with Gasteiger partial charge in [0.05, 0.1) is 19.1 Å². The maximum atomic E-state index is 13.6. The third-order valence-corrected chi connectivity index (χ3v) is 5.88. The van der Waals surface area contributed by atoms with Crippen LogP contribution in [0, 0.1) is 17.7 Å². The molecule has 3 unspecified atom stereocenters. The zero-order valence-electron chi connectivity index (χ0n) is 19.9. The van der Waals surface area contributed by atoms with E-state index < -0.39 is 35.4 Å². The number of rotatable bonds is 5. The summed E-state index contributed by atoms with van der Waals surface area (Å²) in [6.45, 7) is 3.81. The first-order valence-electron chi connectivity index (χ1n) is 11.3. The smallest absolute Gasteiger partial charge is 0.254 e. The molecule has 3 atom stereocenters. The van der Waals surface area contributed by atoms with Crippen molar-refractivity contribution in [3.63, 3.8) is 0 Å². The number of halogens is 1. The molecule has 192 valence electrons. The Labute approximate surface area is 209 Å². The van der Waals surface area contributed by atoms with Gasteiger partial charge in [-0.2, -0.15) is 0 Å². The van der Waals surface area contributed by atoms with E-state index in [2.05, 4.69) is 42.2 Å². The molecule has 2 aliphatic rings. The Kier molecular flexibility index (Phi) is 6.20. The lowest BCUT2D eigenvalue weighted by molar-refractivity contribution is -0.217. The van der Waals surface area contributed by atoms with E-state index in [0.29, 0.717) is 11.2 Å². The lowest BCUT2D eigenvalue weighted by atomic mass is 10.0. The zero-order valence-corrected chi connectivity index (χ0v) is 19.9. The fourth-order valence-electron chi connectivity index (χ4n) is 4.46. The van der Waals surface area contributed by atoms with Crippen LogP contribution < -0.4 is 11.1 Å². The minimum absolute atomic E-state index is 0.108. The number of oxime groups is 1. The molecule has 14 heteroatoms. The first kappa shape index (κ1) is 24.5. The molecular weight excluding hydrogens is 487 g/mol. The van der Waals surface area contributed by atoms with Gasteiger partial charge in [-0.25, -0.2) is 24.3 Å². The number of anilines is 1. The molecule has 5 heterocycles. The summed E-state index contributed by atoms with van der Waals surface area (Å²) in [7, 11) is 0. The minimum atomic E-state index is -1.38. The summed E-state index contributed by atoms with van der Waals surface area (Å²) in [4.78, 5) is 29.8. The summed E-state index contributed by atoms with van der Waals surface area (Å²) in [6, 6.07) is 2.57. The highest BCUT2D eigenvalue weighted by molar-refractivity contribution is 5.84. The molecule has 37 heavy (non-hydrogen) atoms. The van der Waals surface area contributed by atoms with Gasteiger partial charge in [0.2, 0.25) is 5.72 Å². The molecule has 0 spiro atoms. The predicted molar refractivity (Wildman–Crippen MR) is 126 cm³/mol. The van der Waals surface area contributed by atoms with Crippen LogP contribution in [0.3, 0.4) is 0 Å². The van der Waals surface area contributed by atoms with Crippen LogP contribution >= 0.6 is 0 Å². The molecule has 2 aliphatic heterocycles. The van der Waals surface area contributed by atoms with Crippen LogP contribution in [0.4, 0.5) is 10.2 Å². The van der Waals surface area contributed by atoms with Gasteiger partial charge in [-0.15, -0.1) is 0 Å². The van der Waals surface area contributed by atoms with E-state index in [1.54, 1.807) is 18.4 Å². The van der Waals surface area contributed by atoms with Gasteiger partial charge in [0.25, 0.3) is 5.91 Å². The van der Waals surface area contributed by atoms with E-state index in [-0.39, 0.29) is 36.8 Å². The van der Waals surface area contributed by atoms with Gasteiger partial charge in [0.1, 0.15) is 29.3 Å². The molecule has 0 aliphatic carbocycles. The Morgan fingerprint density at radius 2 is 2.24 bits per heavy atom. The number of hydrogen-bond acceptors (Lipinski definition) is 11. The molecule has 1 amide bonds. The van der Waals surface area contributed by atoms with Gasteiger partial charge in [-0.05, 0) is 31.9 Å². The number of nitrogen functional groups attached to an aromatic ring is 1. The number of pyridine rings is 1. The average Bonchev–Trinajstić information content (AvgIpc) is 3.50. The number of ether oxygens (including phenoxy) is 3. The predicted octanol–water partition coefficient (Wildman–Crippen LogP) is 0.512. The lowest BCUT2D eigenvalue weighted by Crippen LogP contribution is -2.54. The first-order chi connectivity index (χ1) is 17.7. The van der Waals surface area contributed by atoms with E-state index in [4.69, 9.17) is 25.2 Å². The summed E-state index contributed by atoms with van der Waals surface area (Å²) in [5, 5.41) is 14.2. The van der Waals surface area contributed by atoms with E-state index in [0.717, 1.165) is 6.21 Å². The SMILES string of the molecule is CC1(C)OC2COC(C(=O)NCCC#Cc3ccc(F)c(/C=N\O)n3)C2(n2cnc3c(N)ncnc32)O1. The molecule has 13 nitrogen and oxygen atoms in total. The van der Waals surface area contributed by atoms with Gasteiger partial charge >= 0.3 is 0 Å². The van der Waals surface area contributed by atoms with Crippen molar-refractivity contribution in [3.05, 3.63) is 42.0 Å². The van der Waals surface area contributed by atoms with Crippen molar-refractivity contribution >= 4 is 29.1 Å². The first-order valence-corrected chi connectivity index (χ1v) is 11.3. The molecular formula is C23H23FN8O5. The molecule has 4 N–H and O–H groups in total. The second-order valence-electron chi connectivity index (χ2n) is 8.77. The molecule has 2 saturated heterocycles. The van der Waals surface area contributed by atoms with Crippen molar-refractivity contribution in [2.75, 3.05) is 18.9 Å². The Balaban J connectivity index is 1.33. The number of nitrogens with zero attached hydrogens (tertiary/aromatic N) is 6. The van der Waals surface area contributed by atoms with Crippen LogP contribution in [0.25, 0.3) is 11.2 Å². The largest absolute Gasteiger partial charge is 0.411 e. The molecule has 0 saturated carbocycles. The number of carbonyl (C=O) groups excluding carboxylic acids is 1. The number of hydrogen-bond donors (Lipinski definition) is 3. The van der Waals surface area contributed by atoms with E-state index >= 15 is 0 Å². The summed E-state index contributed by atoms with van der Waals surface area (Å²) in [5.74, 6) is 3.76. The van der Waals surface area contributed by atoms with E-state index in [9.17, 15) is 9.18 Å². The normalized spacial score (nSPS) is 24.2. The van der Waals surface area contributed by atoms with Crippen LogP contribution in [0.5, 0.6) is 0 Å². The number of carbonyl (C=O) groups is 1. The van der Waals surface area contributed by atoms with Crippen LogP contribution in [-0.4, -0.2) is 73.0 Å². The van der Waals surface area contributed by atoms with E-state index in [1.165, 1.54) is 24.8 Å². The van der Waals surface area contributed by atoms with Gasteiger partial charge in [0, 0.05) is 13.0 Å². The number of imidazole rings is 1. The topological polar surface area (TPSA) is 172 Å². The second-order valence-corrected chi connectivity index (χ2v) is 8.77. The lowest BCUT2D eigenvalue weighted by Gasteiger charge is -2.33. The quantitative estimate of drug-likeness (QED) is 0.144. The summed E-state index contributed by atoms with van der Waals surface area (Å²) in [6.07, 6.45) is 2.25. The molecule has 2 fully saturated rings.